The number of aromatic nitrogens is 2. The molecular formula is C17H11Cl2F2N3O. The van der Waals surface area contributed by atoms with Crippen LogP contribution in [0.3, 0.4) is 0 Å². The van der Waals surface area contributed by atoms with Gasteiger partial charge in [-0.05, 0) is 23.8 Å². The molecule has 0 aliphatic carbocycles. The maximum Gasteiger partial charge on any atom is 0.259 e. The molecule has 1 heterocycles. The second kappa shape index (κ2) is 7.21. The molecule has 0 spiro atoms. The van der Waals surface area contributed by atoms with Crippen molar-refractivity contribution in [1.82, 2.24) is 9.78 Å². The first kappa shape index (κ1) is 17.4. The van der Waals surface area contributed by atoms with Crippen LogP contribution < -0.4 is 5.32 Å². The predicted octanol–water partition coefficient (Wildman–Crippen LogP) is 4.77. The highest BCUT2D eigenvalue weighted by Crippen LogP contribution is 2.26. The Morgan fingerprint density at radius 1 is 1.12 bits per heavy atom. The molecule has 1 aromatic heterocycles. The first-order valence-electron chi connectivity index (χ1n) is 7.17. The van der Waals surface area contributed by atoms with Gasteiger partial charge < -0.3 is 5.32 Å². The predicted molar refractivity (Wildman–Crippen MR) is 92.1 cm³/mol. The van der Waals surface area contributed by atoms with Gasteiger partial charge in [-0.25, -0.2) is 13.5 Å². The van der Waals surface area contributed by atoms with Gasteiger partial charge >= 0.3 is 0 Å². The number of hydrogen-bond donors (Lipinski definition) is 1. The standard InChI is InChI=1S/C17H11Cl2F2N3O/c18-12-5-1-3-10(15(12)19)9-24-14(7-8-22-24)23-17(25)11-4-2-6-13(20)16(11)21/h1-8H,9H2,(H,23,25). The quantitative estimate of drug-likeness (QED) is 0.707. The van der Waals surface area contributed by atoms with E-state index in [9.17, 15) is 13.6 Å². The van der Waals surface area contributed by atoms with Crippen LogP contribution in [0.5, 0.6) is 0 Å². The number of halogens is 4. The minimum Gasteiger partial charge on any atom is -0.307 e. The van der Waals surface area contributed by atoms with Crippen LogP contribution in [0.1, 0.15) is 15.9 Å². The maximum atomic E-state index is 13.7. The first-order valence-corrected chi connectivity index (χ1v) is 7.93. The third-order valence-corrected chi connectivity index (χ3v) is 4.36. The lowest BCUT2D eigenvalue weighted by atomic mass is 10.2. The highest BCUT2D eigenvalue weighted by Gasteiger charge is 2.17. The van der Waals surface area contributed by atoms with Crippen molar-refractivity contribution in [3.8, 4) is 0 Å². The fourth-order valence-corrected chi connectivity index (χ4v) is 2.64. The Morgan fingerprint density at radius 3 is 2.68 bits per heavy atom. The number of nitrogens with one attached hydrogen (secondary N) is 1. The van der Waals surface area contributed by atoms with E-state index in [1.807, 2.05) is 0 Å². The van der Waals surface area contributed by atoms with Crippen LogP contribution in [0.25, 0.3) is 0 Å². The minimum atomic E-state index is -1.20. The van der Waals surface area contributed by atoms with Crippen LogP contribution in [-0.4, -0.2) is 15.7 Å². The van der Waals surface area contributed by atoms with Crippen LogP contribution in [0.2, 0.25) is 10.0 Å². The summed E-state index contributed by atoms with van der Waals surface area (Å²) in [5.41, 5.74) is 0.304. The summed E-state index contributed by atoms with van der Waals surface area (Å²) in [5.74, 6) is -2.77. The average Bonchev–Trinajstić information content (AvgIpc) is 3.01. The first-order chi connectivity index (χ1) is 12.0. The number of amides is 1. The largest absolute Gasteiger partial charge is 0.307 e. The summed E-state index contributed by atoms with van der Waals surface area (Å²) in [4.78, 5) is 12.2. The molecule has 8 heteroatoms. The normalized spacial score (nSPS) is 10.7. The molecule has 0 aliphatic rings. The molecule has 1 N–H and O–H groups in total. The smallest absolute Gasteiger partial charge is 0.259 e. The molecule has 0 saturated heterocycles. The van der Waals surface area contributed by atoms with Crippen LogP contribution in [0.4, 0.5) is 14.6 Å². The molecule has 128 valence electrons. The van der Waals surface area contributed by atoms with E-state index in [1.54, 1.807) is 18.2 Å². The monoisotopic (exact) mass is 381 g/mol. The van der Waals surface area contributed by atoms with Crippen molar-refractivity contribution in [1.29, 1.82) is 0 Å². The molecule has 0 saturated carbocycles. The summed E-state index contributed by atoms with van der Waals surface area (Å²) in [6, 6.07) is 10.1. The Morgan fingerprint density at radius 2 is 1.88 bits per heavy atom. The van der Waals surface area contributed by atoms with Crippen LogP contribution in [0, 0.1) is 11.6 Å². The van der Waals surface area contributed by atoms with Crippen molar-refractivity contribution >= 4 is 34.9 Å². The molecule has 3 aromatic rings. The van der Waals surface area contributed by atoms with E-state index in [2.05, 4.69) is 10.4 Å². The number of anilines is 1. The zero-order valence-corrected chi connectivity index (χ0v) is 14.2. The number of hydrogen-bond acceptors (Lipinski definition) is 2. The van der Waals surface area contributed by atoms with Gasteiger partial charge in [0, 0.05) is 6.07 Å². The average molecular weight is 382 g/mol. The van der Waals surface area contributed by atoms with Crippen molar-refractivity contribution in [2.75, 3.05) is 5.32 Å². The Bertz CT molecular complexity index is 943. The highest BCUT2D eigenvalue weighted by molar-refractivity contribution is 6.42. The van der Waals surface area contributed by atoms with Crippen molar-refractivity contribution in [3.63, 3.8) is 0 Å². The van der Waals surface area contributed by atoms with Crippen LogP contribution in [0.15, 0.2) is 48.7 Å². The molecule has 0 aliphatic heterocycles. The van der Waals surface area contributed by atoms with Gasteiger partial charge in [0.25, 0.3) is 5.91 Å². The van der Waals surface area contributed by atoms with Crippen molar-refractivity contribution in [3.05, 3.63) is 81.5 Å². The number of carbonyl (C=O) groups excluding carboxylic acids is 1. The molecule has 4 nitrogen and oxygen atoms in total. The van der Waals surface area contributed by atoms with Crippen LogP contribution >= 0.6 is 23.2 Å². The van der Waals surface area contributed by atoms with E-state index >= 15 is 0 Å². The van der Waals surface area contributed by atoms with Gasteiger partial charge in [0.1, 0.15) is 5.82 Å². The topological polar surface area (TPSA) is 46.9 Å². The summed E-state index contributed by atoms with van der Waals surface area (Å²) >= 11 is 12.1. The van der Waals surface area contributed by atoms with E-state index in [1.165, 1.54) is 29.1 Å². The van der Waals surface area contributed by atoms with Gasteiger partial charge in [-0.2, -0.15) is 5.10 Å². The van der Waals surface area contributed by atoms with Gasteiger partial charge in [-0.1, -0.05) is 41.4 Å². The van der Waals surface area contributed by atoms with E-state index in [0.29, 0.717) is 21.4 Å². The van der Waals surface area contributed by atoms with Gasteiger partial charge in [0.2, 0.25) is 0 Å². The van der Waals surface area contributed by atoms with E-state index in [0.717, 1.165) is 6.07 Å². The van der Waals surface area contributed by atoms with E-state index in [4.69, 9.17) is 23.2 Å². The Kier molecular flexibility index (Phi) is 5.01. The lowest BCUT2D eigenvalue weighted by Crippen LogP contribution is -2.18. The fourth-order valence-electron chi connectivity index (χ4n) is 2.26. The summed E-state index contributed by atoms with van der Waals surface area (Å²) in [7, 11) is 0. The minimum absolute atomic E-state index is 0.244. The molecule has 0 fully saturated rings. The summed E-state index contributed by atoms with van der Waals surface area (Å²) in [6.07, 6.45) is 1.47. The number of carbonyl (C=O) groups is 1. The highest BCUT2D eigenvalue weighted by atomic mass is 35.5. The fraction of sp³-hybridized carbons (Fsp3) is 0.0588. The zero-order valence-electron chi connectivity index (χ0n) is 12.6. The molecule has 0 radical (unpaired) electrons. The molecule has 25 heavy (non-hydrogen) atoms. The summed E-state index contributed by atoms with van der Waals surface area (Å²) < 4.78 is 28.5. The van der Waals surface area contributed by atoms with Crippen molar-refractivity contribution in [2.24, 2.45) is 0 Å². The molecular weight excluding hydrogens is 371 g/mol. The number of nitrogens with zero attached hydrogens (tertiary/aromatic N) is 2. The van der Waals surface area contributed by atoms with E-state index in [-0.39, 0.29) is 6.54 Å². The van der Waals surface area contributed by atoms with Crippen molar-refractivity contribution < 1.29 is 13.6 Å². The summed E-state index contributed by atoms with van der Waals surface area (Å²) in [6.45, 7) is 0.244. The van der Waals surface area contributed by atoms with E-state index < -0.39 is 23.1 Å². The molecule has 0 bridgehead atoms. The third kappa shape index (κ3) is 3.65. The van der Waals surface area contributed by atoms with Crippen LogP contribution in [-0.2, 0) is 6.54 Å². The Hall–Kier alpha value is -2.44. The Labute approximate surface area is 152 Å². The number of rotatable bonds is 4. The lowest BCUT2D eigenvalue weighted by molar-refractivity contribution is 0.102. The van der Waals surface area contributed by atoms with Gasteiger partial charge in [0.05, 0.1) is 28.4 Å². The SMILES string of the molecule is O=C(Nc1ccnn1Cc1cccc(Cl)c1Cl)c1cccc(F)c1F. The lowest BCUT2D eigenvalue weighted by Gasteiger charge is -2.11. The Balaban J connectivity index is 1.83. The van der Waals surface area contributed by atoms with Gasteiger partial charge in [-0.3, -0.25) is 4.79 Å². The molecule has 3 rings (SSSR count). The molecule has 0 unspecified atom stereocenters. The number of benzene rings is 2. The zero-order chi connectivity index (χ0) is 18.0. The third-order valence-electron chi connectivity index (χ3n) is 3.51. The summed E-state index contributed by atoms with van der Waals surface area (Å²) in [5, 5.41) is 7.39. The molecule has 1 amide bonds. The maximum absolute atomic E-state index is 13.7. The van der Waals surface area contributed by atoms with Gasteiger partial charge in [0.15, 0.2) is 11.6 Å². The second-order valence-electron chi connectivity index (χ2n) is 5.14. The molecule has 0 atom stereocenters. The molecule has 2 aromatic carbocycles. The van der Waals surface area contributed by atoms with Gasteiger partial charge in [-0.15, -0.1) is 0 Å². The second-order valence-corrected chi connectivity index (χ2v) is 5.93. The van der Waals surface area contributed by atoms with Crippen molar-refractivity contribution in [2.45, 2.75) is 6.54 Å².